The Kier molecular flexibility index (Phi) is 1.21. The van der Waals surface area contributed by atoms with Crippen LogP contribution in [0.5, 0.6) is 0 Å². The number of hydrogen-bond donors (Lipinski definition) is 0. The summed E-state index contributed by atoms with van der Waals surface area (Å²) in [5.41, 5.74) is 0.986. The van der Waals surface area contributed by atoms with Crippen molar-refractivity contribution in [2.45, 2.75) is 0 Å². The quantitative estimate of drug-likeness (QED) is 0.473. The maximum absolute atomic E-state index is 5.64. The molecular weight excluding hydrogens is 148 g/mol. The second-order valence-corrected chi connectivity index (χ2v) is 2.55. The van der Waals surface area contributed by atoms with Crippen LogP contribution < -0.4 is 0 Å². The molecule has 2 nitrogen and oxygen atoms in total. The molecular formula is C7H5ClN2. The van der Waals surface area contributed by atoms with Gasteiger partial charge in [0.15, 0.2) is 0 Å². The molecule has 0 unspecified atom stereocenters. The summed E-state index contributed by atoms with van der Waals surface area (Å²) in [5.74, 6) is 0.266. The molecule has 0 aromatic heterocycles. The number of halogens is 1. The van der Waals surface area contributed by atoms with Gasteiger partial charge < -0.3 is 0 Å². The lowest BCUT2D eigenvalue weighted by atomic mass is 10.1. The summed E-state index contributed by atoms with van der Waals surface area (Å²) in [6.07, 6.45) is 7.34. The van der Waals surface area contributed by atoms with Gasteiger partial charge in [0, 0.05) is 12.4 Å². The molecule has 0 fully saturated rings. The summed E-state index contributed by atoms with van der Waals surface area (Å²) in [4.78, 5) is 8.03. The SMILES string of the molecule is ClC1=CC2=NC=C[C@@H]2C=N1. The largest absolute Gasteiger partial charge is 0.260 e. The van der Waals surface area contributed by atoms with Crippen LogP contribution in [0.15, 0.2) is 33.5 Å². The van der Waals surface area contributed by atoms with Crippen LogP contribution in [0.25, 0.3) is 0 Å². The second-order valence-electron chi connectivity index (χ2n) is 2.17. The van der Waals surface area contributed by atoms with Gasteiger partial charge in [0.05, 0.1) is 11.6 Å². The summed E-state index contributed by atoms with van der Waals surface area (Å²) in [7, 11) is 0. The zero-order valence-electron chi connectivity index (χ0n) is 5.16. The molecule has 2 aliphatic heterocycles. The molecule has 0 saturated carbocycles. The van der Waals surface area contributed by atoms with Crippen molar-refractivity contribution in [1.29, 1.82) is 0 Å². The highest BCUT2D eigenvalue weighted by atomic mass is 35.5. The Hall–Kier alpha value is -0.890. The number of fused-ring (bicyclic) bond motifs is 1. The van der Waals surface area contributed by atoms with Crippen LogP contribution in [0.4, 0.5) is 0 Å². The minimum absolute atomic E-state index is 0.266. The molecule has 0 aliphatic carbocycles. The van der Waals surface area contributed by atoms with Crippen molar-refractivity contribution in [3.05, 3.63) is 23.5 Å². The Labute approximate surface area is 63.6 Å². The van der Waals surface area contributed by atoms with E-state index in [1.165, 1.54) is 0 Å². The molecule has 0 radical (unpaired) electrons. The van der Waals surface area contributed by atoms with Gasteiger partial charge in [-0.2, -0.15) is 0 Å². The summed E-state index contributed by atoms with van der Waals surface area (Å²) in [5, 5.41) is 0.513. The lowest BCUT2D eigenvalue weighted by Gasteiger charge is -2.05. The Morgan fingerprint density at radius 2 is 2.40 bits per heavy atom. The Balaban J connectivity index is 2.39. The third-order valence-corrected chi connectivity index (χ3v) is 1.69. The molecule has 0 bridgehead atoms. The highest BCUT2D eigenvalue weighted by molar-refractivity contribution is 6.33. The van der Waals surface area contributed by atoms with Gasteiger partial charge in [-0.15, -0.1) is 0 Å². The lowest BCUT2D eigenvalue weighted by Crippen LogP contribution is -2.11. The molecule has 0 spiro atoms. The van der Waals surface area contributed by atoms with E-state index in [1.54, 1.807) is 18.5 Å². The van der Waals surface area contributed by atoms with Crippen molar-refractivity contribution in [2.24, 2.45) is 15.9 Å². The minimum Gasteiger partial charge on any atom is -0.260 e. The van der Waals surface area contributed by atoms with Crippen LogP contribution in [0, 0.1) is 5.92 Å². The van der Waals surface area contributed by atoms with Crippen LogP contribution >= 0.6 is 11.6 Å². The van der Waals surface area contributed by atoms with Crippen molar-refractivity contribution in [1.82, 2.24) is 0 Å². The van der Waals surface area contributed by atoms with E-state index in [0.29, 0.717) is 5.16 Å². The van der Waals surface area contributed by atoms with Gasteiger partial charge in [-0.1, -0.05) is 17.7 Å². The van der Waals surface area contributed by atoms with Crippen molar-refractivity contribution in [2.75, 3.05) is 0 Å². The Morgan fingerprint density at radius 1 is 1.50 bits per heavy atom. The van der Waals surface area contributed by atoms with Crippen LogP contribution in [0.3, 0.4) is 0 Å². The molecule has 0 aromatic carbocycles. The highest BCUT2D eigenvalue weighted by Gasteiger charge is 2.15. The Morgan fingerprint density at radius 3 is 3.30 bits per heavy atom. The standard InChI is InChI=1S/C7H5ClN2/c8-7-3-6-5(4-10-7)1-2-9-6/h1-5H/t5-/m1/s1. The summed E-state index contributed by atoms with van der Waals surface area (Å²) in [6.45, 7) is 0. The van der Waals surface area contributed by atoms with E-state index in [2.05, 4.69) is 9.98 Å². The number of aliphatic imine (C=N–C) groups is 2. The van der Waals surface area contributed by atoms with Crippen LogP contribution in [0.2, 0.25) is 0 Å². The fourth-order valence-electron chi connectivity index (χ4n) is 0.977. The molecule has 1 atom stereocenters. The molecule has 2 aliphatic rings. The molecule has 2 rings (SSSR count). The highest BCUT2D eigenvalue weighted by Crippen LogP contribution is 2.17. The molecule has 0 N–H and O–H groups in total. The number of allylic oxidation sites excluding steroid dienone is 2. The van der Waals surface area contributed by atoms with E-state index < -0.39 is 0 Å². The van der Waals surface area contributed by atoms with Crippen molar-refractivity contribution >= 4 is 23.5 Å². The first-order chi connectivity index (χ1) is 4.86. The van der Waals surface area contributed by atoms with Gasteiger partial charge in [-0.05, 0) is 6.08 Å². The summed E-state index contributed by atoms with van der Waals surface area (Å²) >= 11 is 5.64. The molecule has 0 amide bonds. The summed E-state index contributed by atoms with van der Waals surface area (Å²) in [6, 6.07) is 0. The lowest BCUT2D eigenvalue weighted by molar-refractivity contribution is 1.25. The monoisotopic (exact) mass is 152 g/mol. The Bertz CT molecular complexity index is 273. The van der Waals surface area contributed by atoms with E-state index in [9.17, 15) is 0 Å². The number of rotatable bonds is 0. The zero-order valence-corrected chi connectivity index (χ0v) is 5.92. The van der Waals surface area contributed by atoms with Gasteiger partial charge in [0.25, 0.3) is 0 Å². The fourth-order valence-corrected chi connectivity index (χ4v) is 1.14. The first-order valence-electron chi connectivity index (χ1n) is 3.02. The second kappa shape index (κ2) is 2.06. The maximum atomic E-state index is 5.64. The third-order valence-electron chi connectivity index (χ3n) is 1.48. The maximum Gasteiger partial charge on any atom is 0.130 e. The third kappa shape index (κ3) is 0.809. The smallest absolute Gasteiger partial charge is 0.130 e. The van der Waals surface area contributed by atoms with Gasteiger partial charge in [-0.3, -0.25) is 4.99 Å². The van der Waals surface area contributed by atoms with E-state index >= 15 is 0 Å². The predicted molar refractivity (Wildman–Crippen MR) is 42.5 cm³/mol. The van der Waals surface area contributed by atoms with Crippen LogP contribution in [-0.2, 0) is 0 Å². The topological polar surface area (TPSA) is 24.7 Å². The van der Waals surface area contributed by atoms with Gasteiger partial charge in [0.1, 0.15) is 5.16 Å². The van der Waals surface area contributed by atoms with Crippen LogP contribution in [0.1, 0.15) is 0 Å². The predicted octanol–water partition coefficient (Wildman–Crippen LogP) is 1.74. The normalized spacial score (nSPS) is 27.9. The molecule has 3 heteroatoms. The molecule has 0 saturated heterocycles. The average Bonchev–Trinajstić information content (AvgIpc) is 2.33. The van der Waals surface area contributed by atoms with Gasteiger partial charge in [0.2, 0.25) is 0 Å². The number of hydrogen-bond acceptors (Lipinski definition) is 2. The fraction of sp³-hybridized carbons (Fsp3) is 0.143. The van der Waals surface area contributed by atoms with E-state index in [4.69, 9.17) is 11.6 Å². The van der Waals surface area contributed by atoms with E-state index in [-0.39, 0.29) is 5.92 Å². The first kappa shape index (κ1) is 5.86. The minimum atomic E-state index is 0.266. The number of nitrogens with zero attached hydrogens (tertiary/aromatic N) is 2. The van der Waals surface area contributed by atoms with Crippen LogP contribution in [-0.4, -0.2) is 11.9 Å². The average molecular weight is 153 g/mol. The van der Waals surface area contributed by atoms with Gasteiger partial charge >= 0.3 is 0 Å². The van der Waals surface area contributed by atoms with E-state index in [0.717, 1.165) is 5.71 Å². The zero-order chi connectivity index (χ0) is 6.97. The summed E-state index contributed by atoms with van der Waals surface area (Å²) < 4.78 is 0. The van der Waals surface area contributed by atoms with Crippen molar-refractivity contribution < 1.29 is 0 Å². The first-order valence-corrected chi connectivity index (χ1v) is 3.40. The van der Waals surface area contributed by atoms with Crippen molar-refractivity contribution in [3.8, 4) is 0 Å². The molecule has 50 valence electrons. The molecule has 2 heterocycles. The van der Waals surface area contributed by atoms with E-state index in [1.807, 2.05) is 6.08 Å². The molecule has 10 heavy (non-hydrogen) atoms. The van der Waals surface area contributed by atoms with Gasteiger partial charge in [-0.25, -0.2) is 4.99 Å². The van der Waals surface area contributed by atoms with Crippen molar-refractivity contribution in [3.63, 3.8) is 0 Å². The molecule has 0 aromatic rings.